The van der Waals surface area contributed by atoms with Crippen molar-refractivity contribution in [2.45, 2.75) is 118 Å². The Kier molecular flexibility index (Phi) is 8.78. The number of ketones is 1. The van der Waals surface area contributed by atoms with Crippen molar-refractivity contribution in [3.05, 3.63) is 0 Å². The number of carbonyl (C=O) groups excluding carboxylic acids is 5. The summed E-state index contributed by atoms with van der Waals surface area (Å²) < 4.78 is 5.41. The fourth-order valence-electron chi connectivity index (χ4n) is 6.47. The van der Waals surface area contributed by atoms with Gasteiger partial charge in [-0.25, -0.2) is 4.79 Å². The second-order valence-electron chi connectivity index (χ2n) is 14.4. The van der Waals surface area contributed by atoms with Crippen LogP contribution in [0.15, 0.2) is 0 Å². The van der Waals surface area contributed by atoms with E-state index in [2.05, 4.69) is 24.5 Å². The molecular weight excluding hydrogens is 500 g/mol. The zero-order valence-corrected chi connectivity index (χ0v) is 24.9. The topological polar surface area (TPSA) is 148 Å². The van der Waals surface area contributed by atoms with Gasteiger partial charge in [0, 0.05) is 6.54 Å². The van der Waals surface area contributed by atoms with Crippen molar-refractivity contribution < 1.29 is 28.7 Å². The molecule has 4 N–H and O–H groups in total. The number of amides is 4. The summed E-state index contributed by atoms with van der Waals surface area (Å²) in [6, 6.07) is -2.78. The van der Waals surface area contributed by atoms with Crippen LogP contribution in [0.2, 0.25) is 0 Å². The molecule has 1 unspecified atom stereocenters. The first-order valence-electron chi connectivity index (χ1n) is 14.3. The summed E-state index contributed by atoms with van der Waals surface area (Å²) in [5.41, 5.74) is 3.79. The fraction of sp³-hybridized carbons (Fsp3) is 0.828. The first kappa shape index (κ1) is 30.9. The van der Waals surface area contributed by atoms with Gasteiger partial charge in [-0.3, -0.25) is 19.2 Å². The molecule has 3 aliphatic rings. The number of piperidine rings is 1. The van der Waals surface area contributed by atoms with Crippen molar-refractivity contribution in [1.82, 2.24) is 15.5 Å². The van der Waals surface area contributed by atoms with Gasteiger partial charge in [-0.15, -0.1) is 0 Å². The summed E-state index contributed by atoms with van der Waals surface area (Å²) >= 11 is 0. The monoisotopic (exact) mass is 548 g/mol. The van der Waals surface area contributed by atoms with Crippen LogP contribution in [0, 0.1) is 28.6 Å². The van der Waals surface area contributed by atoms with Crippen LogP contribution in [0.1, 0.15) is 93.9 Å². The summed E-state index contributed by atoms with van der Waals surface area (Å²) in [5, 5.41) is 5.55. The van der Waals surface area contributed by atoms with Gasteiger partial charge >= 0.3 is 6.09 Å². The highest BCUT2D eigenvalue weighted by molar-refractivity contribution is 6.37. The molecule has 10 nitrogen and oxygen atoms in total. The van der Waals surface area contributed by atoms with Gasteiger partial charge in [0.2, 0.25) is 17.6 Å². The maximum atomic E-state index is 14.0. The lowest BCUT2D eigenvalue weighted by Gasteiger charge is -2.38. The Hall–Kier alpha value is -2.65. The summed E-state index contributed by atoms with van der Waals surface area (Å²) in [7, 11) is 0. The van der Waals surface area contributed by atoms with Crippen LogP contribution < -0.4 is 16.4 Å². The van der Waals surface area contributed by atoms with Gasteiger partial charge < -0.3 is 26.0 Å². The average Bonchev–Trinajstić information content (AvgIpc) is 3.14. The quantitative estimate of drug-likeness (QED) is 0.397. The Morgan fingerprint density at radius 2 is 1.56 bits per heavy atom. The van der Waals surface area contributed by atoms with Crippen molar-refractivity contribution in [2.24, 2.45) is 34.3 Å². The van der Waals surface area contributed by atoms with Gasteiger partial charge in [-0.2, -0.15) is 0 Å². The maximum absolute atomic E-state index is 14.0. The van der Waals surface area contributed by atoms with Crippen LogP contribution in [0.5, 0.6) is 0 Å². The molecule has 2 aliphatic carbocycles. The number of hydrogen-bond acceptors (Lipinski definition) is 6. The van der Waals surface area contributed by atoms with Crippen LogP contribution in [0.4, 0.5) is 4.79 Å². The molecule has 2 saturated carbocycles. The van der Waals surface area contributed by atoms with Crippen LogP contribution in [0.25, 0.3) is 0 Å². The molecule has 0 aromatic heterocycles. The zero-order chi connectivity index (χ0) is 29.5. The number of carbonyl (C=O) groups is 5. The Balaban J connectivity index is 1.84. The Morgan fingerprint density at radius 3 is 2.08 bits per heavy atom. The summed E-state index contributed by atoms with van der Waals surface area (Å²) in [4.78, 5) is 66.5. The van der Waals surface area contributed by atoms with Gasteiger partial charge in [0.15, 0.2) is 0 Å². The first-order chi connectivity index (χ1) is 17.8. The zero-order valence-electron chi connectivity index (χ0n) is 24.9. The smallest absolute Gasteiger partial charge is 0.408 e. The molecule has 1 heterocycles. The van der Waals surface area contributed by atoms with E-state index in [9.17, 15) is 24.0 Å². The summed E-state index contributed by atoms with van der Waals surface area (Å²) in [5.74, 6) is -2.47. The van der Waals surface area contributed by atoms with E-state index in [0.29, 0.717) is 13.0 Å². The average molecular weight is 549 g/mol. The molecule has 10 heteroatoms. The van der Waals surface area contributed by atoms with E-state index in [-0.39, 0.29) is 29.1 Å². The van der Waals surface area contributed by atoms with E-state index in [1.807, 2.05) is 20.8 Å². The lowest BCUT2D eigenvalue weighted by atomic mass is 9.83. The third-order valence-electron chi connectivity index (χ3n) is 8.70. The van der Waals surface area contributed by atoms with Gasteiger partial charge in [0.25, 0.3) is 5.91 Å². The number of nitrogens with one attached hydrogen (secondary N) is 2. The second kappa shape index (κ2) is 11.1. The molecular formula is C29H48N4O6. The number of primary amides is 1. The highest BCUT2D eigenvalue weighted by Gasteiger charge is 2.70. The van der Waals surface area contributed by atoms with E-state index in [0.717, 1.165) is 32.1 Å². The predicted molar refractivity (Wildman–Crippen MR) is 146 cm³/mol. The highest BCUT2D eigenvalue weighted by Crippen LogP contribution is 2.65. The molecule has 3 rings (SSSR count). The Bertz CT molecular complexity index is 989. The molecule has 0 radical (unpaired) electrons. The number of Topliss-reactive ketones (excluding diaryl/α,β-unsaturated/α-hetero) is 1. The van der Waals surface area contributed by atoms with Crippen molar-refractivity contribution in [1.29, 1.82) is 0 Å². The van der Waals surface area contributed by atoms with Crippen LogP contribution in [-0.4, -0.2) is 64.8 Å². The molecule has 1 saturated heterocycles. The number of likely N-dealkylation sites (tertiary alicyclic amines) is 1. The third-order valence-corrected chi connectivity index (χ3v) is 8.70. The van der Waals surface area contributed by atoms with E-state index < -0.39 is 52.8 Å². The minimum atomic E-state index is -1.07. The number of alkyl carbamates (subject to hydrolysis) is 1. The SMILES string of the molecule is CC(C)(C)OC(=O)N[C@H](C(=O)N1C[C@@H]2[C@H]([C@H]1C(=O)NC(CC1CCCCC1)C(=O)C(N)=O)C2(C)C)C(C)(C)C. The van der Waals surface area contributed by atoms with Crippen LogP contribution in [-0.2, 0) is 23.9 Å². The normalized spacial score (nSPS) is 26.2. The van der Waals surface area contributed by atoms with E-state index in [1.54, 1.807) is 20.8 Å². The highest BCUT2D eigenvalue weighted by atomic mass is 16.6. The van der Waals surface area contributed by atoms with Gasteiger partial charge in [-0.1, -0.05) is 66.7 Å². The standard InChI is InChI=1S/C29H48N4O6/c1-27(2,3)22(32-26(38)39-28(4,5)6)25(37)33-15-17-19(29(17,7)8)20(33)24(36)31-18(21(34)23(30)35)14-16-12-10-9-11-13-16/h16-20,22H,9-15H2,1-8H3,(H2,30,35)(H,31,36)(H,32,38)/t17-,18?,19-,20+,22-/m1/s1. The Labute approximate surface area is 232 Å². The van der Waals surface area contributed by atoms with Gasteiger partial charge in [0.1, 0.15) is 17.7 Å². The predicted octanol–water partition coefficient (Wildman–Crippen LogP) is 2.92. The molecule has 4 amide bonds. The van der Waals surface area contributed by atoms with Crippen LogP contribution >= 0.6 is 0 Å². The van der Waals surface area contributed by atoms with Crippen molar-refractivity contribution in [3.8, 4) is 0 Å². The summed E-state index contributed by atoms with van der Waals surface area (Å²) in [6.45, 7) is 15.3. The first-order valence-corrected chi connectivity index (χ1v) is 14.3. The van der Waals surface area contributed by atoms with Crippen molar-refractivity contribution in [3.63, 3.8) is 0 Å². The molecule has 1 aliphatic heterocycles. The molecule has 220 valence electrons. The van der Waals surface area contributed by atoms with Gasteiger partial charge in [-0.05, 0) is 55.8 Å². The number of fused-ring (bicyclic) bond motifs is 1. The fourth-order valence-corrected chi connectivity index (χ4v) is 6.47. The van der Waals surface area contributed by atoms with E-state index in [1.165, 1.54) is 4.90 Å². The minimum Gasteiger partial charge on any atom is -0.444 e. The molecule has 3 fully saturated rings. The lowest BCUT2D eigenvalue weighted by Crippen LogP contribution is -2.60. The minimum absolute atomic E-state index is 0.0948. The van der Waals surface area contributed by atoms with Crippen molar-refractivity contribution in [2.75, 3.05) is 6.54 Å². The number of hydrogen-bond donors (Lipinski definition) is 3. The molecule has 0 spiro atoms. The van der Waals surface area contributed by atoms with Gasteiger partial charge in [0.05, 0.1) is 6.04 Å². The molecule has 0 aromatic rings. The molecule has 5 atom stereocenters. The maximum Gasteiger partial charge on any atom is 0.408 e. The van der Waals surface area contributed by atoms with E-state index >= 15 is 0 Å². The van der Waals surface area contributed by atoms with Crippen molar-refractivity contribution >= 4 is 29.6 Å². The molecule has 0 bridgehead atoms. The third kappa shape index (κ3) is 7.11. The number of ether oxygens (including phenoxy) is 1. The number of rotatable bonds is 8. The Morgan fingerprint density at radius 1 is 0.974 bits per heavy atom. The van der Waals surface area contributed by atoms with Crippen LogP contribution in [0.3, 0.4) is 0 Å². The van der Waals surface area contributed by atoms with E-state index in [4.69, 9.17) is 10.5 Å². The molecule has 0 aromatic carbocycles. The number of nitrogens with two attached hydrogens (primary N) is 1. The molecule has 39 heavy (non-hydrogen) atoms. The lowest BCUT2D eigenvalue weighted by molar-refractivity contribution is -0.145. The second-order valence-corrected chi connectivity index (χ2v) is 14.4. The largest absolute Gasteiger partial charge is 0.444 e. The summed E-state index contributed by atoms with van der Waals surface area (Å²) in [6.07, 6.45) is 4.77. The number of nitrogens with zero attached hydrogens (tertiary/aromatic N) is 1.